The summed E-state index contributed by atoms with van der Waals surface area (Å²) in [5, 5.41) is 0. The second-order valence-corrected chi connectivity index (χ2v) is 7.63. The van der Waals surface area contributed by atoms with Crippen molar-refractivity contribution in [3.05, 3.63) is 71.0 Å². The van der Waals surface area contributed by atoms with Crippen molar-refractivity contribution < 1.29 is 23.5 Å². The fraction of sp³-hybridized carbons (Fsp3) is 0.417. The molecule has 1 heterocycles. The third kappa shape index (κ3) is 6.13. The van der Waals surface area contributed by atoms with Crippen LogP contribution < -0.4 is 0 Å². The Balaban J connectivity index is 1.34. The van der Waals surface area contributed by atoms with Crippen LogP contribution in [-0.4, -0.2) is 36.2 Å². The number of carbonyl (C=O) groups is 2. The SMILES string of the molecule is Cc1cc(COCCCCCC(=O)N2C(=O)OC[C@H]2Cc2ccccc2)ccc1F. The summed E-state index contributed by atoms with van der Waals surface area (Å²) >= 11 is 0. The van der Waals surface area contributed by atoms with E-state index in [9.17, 15) is 14.0 Å². The Morgan fingerprint density at radius 1 is 1.13 bits per heavy atom. The molecule has 0 spiro atoms. The molecule has 2 aromatic carbocycles. The number of benzene rings is 2. The van der Waals surface area contributed by atoms with Gasteiger partial charge in [0.1, 0.15) is 12.4 Å². The van der Waals surface area contributed by atoms with Crippen molar-refractivity contribution in [1.82, 2.24) is 4.90 Å². The molecule has 0 radical (unpaired) electrons. The maximum Gasteiger partial charge on any atom is 0.416 e. The van der Waals surface area contributed by atoms with Crippen LogP contribution in [0.2, 0.25) is 0 Å². The Kier molecular flexibility index (Phi) is 7.97. The van der Waals surface area contributed by atoms with Gasteiger partial charge < -0.3 is 9.47 Å². The van der Waals surface area contributed by atoms with Gasteiger partial charge in [0.05, 0.1) is 12.6 Å². The zero-order chi connectivity index (χ0) is 21.3. The maximum absolute atomic E-state index is 13.3. The molecule has 1 saturated heterocycles. The molecule has 1 aliphatic rings. The molecular weight excluding hydrogens is 385 g/mol. The van der Waals surface area contributed by atoms with Crippen LogP contribution >= 0.6 is 0 Å². The topological polar surface area (TPSA) is 55.8 Å². The van der Waals surface area contributed by atoms with Crippen LogP contribution in [0.4, 0.5) is 9.18 Å². The molecule has 6 heteroatoms. The molecule has 0 saturated carbocycles. The highest BCUT2D eigenvalue weighted by Gasteiger charge is 2.37. The Morgan fingerprint density at radius 2 is 1.93 bits per heavy atom. The first-order valence-corrected chi connectivity index (χ1v) is 10.4. The van der Waals surface area contributed by atoms with Gasteiger partial charge in [0, 0.05) is 13.0 Å². The standard InChI is InChI=1S/C24H28FNO4/c1-18-14-20(11-12-22(18)25)16-29-13-7-3-6-10-23(27)26-21(17-30-24(26)28)15-19-8-4-2-5-9-19/h2,4-5,8-9,11-12,14,21H,3,6-7,10,13,15-17H2,1H3/t21-/m1/s1. The van der Waals surface area contributed by atoms with Gasteiger partial charge in [-0.15, -0.1) is 0 Å². The van der Waals surface area contributed by atoms with E-state index in [1.165, 1.54) is 11.0 Å². The molecule has 0 bridgehead atoms. The summed E-state index contributed by atoms with van der Waals surface area (Å²) in [5.74, 6) is -0.391. The number of hydrogen-bond acceptors (Lipinski definition) is 4. The van der Waals surface area contributed by atoms with E-state index in [1.807, 2.05) is 30.3 Å². The summed E-state index contributed by atoms with van der Waals surface area (Å²) < 4.78 is 24.0. The number of cyclic esters (lactones) is 1. The Morgan fingerprint density at radius 3 is 2.70 bits per heavy atom. The third-order valence-electron chi connectivity index (χ3n) is 5.21. The van der Waals surface area contributed by atoms with E-state index in [1.54, 1.807) is 19.1 Å². The molecule has 5 nitrogen and oxygen atoms in total. The van der Waals surface area contributed by atoms with E-state index in [0.717, 1.165) is 24.0 Å². The number of unbranched alkanes of at least 4 members (excludes halogenated alkanes) is 2. The second-order valence-electron chi connectivity index (χ2n) is 7.63. The van der Waals surface area contributed by atoms with Crippen LogP contribution in [0.15, 0.2) is 48.5 Å². The summed E-state index contributed by atoms with van der Waals surface area (Å²) in [5.41, 5.74) is 2.63. The molecule has 0 aliphatic carbocycles. The summed E-state index contributed by atoms with van der Waals surface area (Å²) in [6.07, 6.45) is 2.73. The highest BCUT2D eigenvalue weighted by molar-refractivity contribution is 5.93. The minimum atomic E-state index is -0.543. The van der Waals surface area contributed by atoms with Gasteiger partial charge in [-0.2, -0.15) is 0 Å². The molecule has 1 aliphatic heterocycles. The van der Waals surface area contributed by atoms with E-state index < -0.39 is 6.09 Å². The van der Waals surface area contributed by atoms with E-state index in [0.29, 0.717) is 38.0 Å². The fourth-order valence-electron chi connectivity index (χ4n) is 3.57. The van der Waals surface area contributed by atoms with Crippen molar-refractivity contribution in [2.45, 2.75) is 51.7 Å². The number of aryl methyl sites for hydroxylation is 1. The molecule has 30 heavy (non-hydrogen) atoms. The van der Waals surface area contributed by atoms with Gasteiger partial charge in [-0.25, -0.2) is 14.1 Å². The molecule has 160 valence electrons. The summed E-state index contributed by atoms with van der Waals surface area (Å²) in [4.78, 5) is 25.8. The number of rotatable bonds is 10. The second kappa shape index (κ2) is 10.9. The molecule has 2 amide bonds. The van der Waals surface area contributed by atoms with Crippen molar-refractivity contribution in [3.8, 4) is 0 Å². The summed E-state index contributed by atoms with van der Waals surface area (Å²) in [6.45, 7) is 3.00. The lowest BCUT2D eigenvalue weighted by Gasteiger charge is -2.19. The van der Waals surface area contributed by atoms with Crippen LogP contribution in [0.5, 0.6) is 0 Å². The molecular formula is C24H28FNO4. The Hall–Kier alpha value is -2.73. The lowest BCUT2D eigenvalue weighted by molar-refractivity contribution is -0.129. The first-order valence-electron chi connectivity index (χ1n) is 10.4. The molecule has 0 N–H and O–H groups in total. The predicted octanol–water partition coefficient (Wildman–Crippen LogP) is 4.80. The Bertz CT molecular complexity index is 856. The summed E-state index contributed by atoms with van der Waals surface area (Å²) in [7, 11) is 0. The van der Waals surface area contributed by atoms with Crippen molar-refractivity contribution in [2.75, 3.05) is 13.2 Å². The number of carbonyl (C=O) groups excluding carboxylic acids is 2. The van der Waals surface area contributed by atoms with Gasteiger partial charge >= 0.3 is 6.09 Å². The highest BCUT2D eigenvalue weighted by atomic mass is 19.1. The average molecular weight is 413 g/mol. The van der Waals surface area contributed by atoms with Crippen LogP contribution in [0, 0.1) is 12.7 Å². The first kappa shape index (κ1) is 22.0. The lowest BCUT2D eigenvalue weighted by Crippen LogP contribution is -2.40. The number of nitrogens with zero attached hydrogens (tertiary/aromatic N) is 1. The van der Waals surface area contributed by atoms with Crippen LogP contribution in [0.3, 0.4) is 0 Å². The van der Waals surface area contributed by atoms with Gasteiger partial charge in [0.25, 0.3) is 0 Å². The third-order valence-corrected chi connectivity index (χ3v) is 5.21. The van der Waals surface area contributed by atoms with Gasteiger partial charge in [-0.05, 0) is 48.9 Å². The molecule has 1 fully saturated rings. The molecule has 0 unspecified atom stereocenters. The van der Waals surface area contributed by atoms with E-state index in [-0.39, 0.29) is 24.4 Å². The van der Waals surface area contributed by atoms with Crippen molar-refractivity contribution in [1.29, 1.82) is 0 Å². The first-order chi connectivity index (χ1) is 14.5. The van der Waals surface area contributed by atoms with E-state index in [2.05, 4.69) is 0 Å². The van der Waals surface area contributed by atoms with Crippen LogP contribution in [0.1, 0.15) is 42.4 Å². The van der Waals surface area contributed by atoms with Crippen LogP contribution in [0.25, 0.3) is 0 Å². The van der Waals surface area contributed by atoms with E-state index in [4.69, 9.17) is 9.47 Å². The molecule has 0 aromatic heterocycles. The summed E-state index contributed by atoms with van der Waals surface area (Å²) in [6, 6.07) is 14.5. The van der Waals surface area contributed by atoms with Gasteiger partial charge in [0.15, 0.2) is 0 Å². The number of hydrogen-bond donors (Lipinski definition) is 0. The number of amides is 2. The molecule has 1 atom stereocenters. The maximum atomic E-state index is 13.3. The van der Waals surface area contributed by atoms with E-state index >= 15 is 0 Å². The minimum absolute atomic E-state index is 0.180. The zero-order valence-electron chi connectivity index (χ0n) is 17.3. The van der Waals surface area contributed by atoms with Crippen molar-refractivity contribution in [3.63, 3.8) is 0 Å². The highest BCUT2D eigenvalue weighted by Crippen LogP contribution is 2.19. The monoisotopic (exact) mass is 413 g/mol. The quantitative estimate of drug-likeness (QED) is 0.525. The van der Waals surface area contributed by atoms with Crippen molar-refractivity contribution in [2.24, 2.45) is 0 Å². The minimum Gasteiger partial charge on any atom is -0.447 e. The van der Waals surface area contributed by atoms with Gasteiger partial charge in [-0.3, -0.25) is 4.79 Å². The fourth-order valence-corrected chi connectivity index (χ4v) is 3.57. The van der Waals surface area contributed by atoms with Gasteiger partial charge in [-0.1, -0.05) is 48.9 Å². The number of ether oxygens (including phenoxy) is 2. The lowest BCUT2D eigenvalue weighted by atomic mass is 10.1. The van der Waals surface area contributed by atoms with Gasteiger partial charge in [0.2, 0.25) is 5.91 Å². The average Bonchev–Trinajstić information content (AvgIpc) is 3.10. The number of imide groups is 1. The predicted molar refractivity (Wildman–Crippen MR) is 111 cm³/mol. The van der Waals surface area contributed by atoms with Crippen molar-refractivity contribution >= 4 is 12.0 Å². The molecule has 2 aromatic rings. The normalized spacial score (nSPS) is 16.0. The molecule has 3 rings (SSSR count). The van der Waals surface area contributed by atoms with Crippen LogP contribution in [-0.2, 0) is 27.3 Å². The smallest absolute Gasteiger partial charge is 0.416 e. The largest absolute Gasteiger partial charge is 0.447 e. The number of halogens is 1. The zero-order valence-corrected chi connectivity index (χ0v) is 17.3. The Labute approximate surface area is 176 Å².